The molecule has 0 amide bonds. The van der Waals surface area contributed by atoms with Crippen LogP contribution < -0.4 is 10.5 Å². The maximum atomic E-state index is 12.1. The van der Waals surface area contributed by atoms with E-state index >= 15 is 0 Å². The Morgan fingerprint density at radius 3 is 2.78 bits per heavy atom. The minimum Gasteiger partial charge on any atom is -0.493 e. The number of hydrogen-bond acceptors (Lipinski definition) is 3. The van der Waals surface area contributed by atoms with Crippen molar-refractivity contribution in [2.24, 2.45) is 0 Å². The van der Waals surface area contributed by atoms with Crippen LogP contribution in [0.15, 0.2) is 24.3 Å². The van der Waals surface area contributed by atoms with Crippen molar-refractivity contribution in [2.45, 2.75) is 37.4 Å². The molecular formula is C14H21NO2S. The average Bonchev–Trinajstić information content (AvgIpc) is 2.40. The molecule has 2 N–H and O–H groups in total. The summed E-state index contributed by atoms with van der Waals surface area (Å²) in [6, 6.07) is 7.36. The summed E-state index contributed by atoms with van der Waals surface area (Å²) in [6.07, 6.45) is 5.99. The summed E-state index contributed by atoms with van der Waals surface area (Å²) in [5.74, 6) is 1.38. The topological polar surface area (TPSA) is 52.3 Å². The van der Waals surface area contributed by atoms with Crippen LogP contribution in [0.1, 0.15) is 32.1 Å². The number of nitrogens with two attached hydrogens (primary N) is 1. The van der Waals surface area contributed by atoms with Gasteiger partial charge >= 0.3 is 0 Å². The zero-order valence-corrected chi connectivity index (χ0v) is 11.5. The Morgan fingerprint density at radius 1 is 1.28 bits per heavy atom. The number of nitrogen functional groups attached to an aromatic ring is 1. The van der Waals surface area contributed by atoms with Crippen molar-refractivity contribution in [2.75, 3.05) is 18.1 Å². The summed E-state index contributed by atoms with van der Waals surface area (Å²) < 4.78 is 17.6. The standard InChI is InChI=1S/C14H21NO2S/c15-12-5-4-6-13(11-12)17-9-10-18(16)14-7-2-1-3-8-14/h4-6,11,14H,1-3,7-10,15H2. The van der Waals surface area contributed by atoms with Gasteiger partial charge in [0.25, 0.3) is 0 Å². The molecule has 0 radical (unpaired) electrons. The first-order valence-electron chi connectivity index (χ1n) is 6.61. The molecule has 1 aromatic rings. The first kappa shape index (κ1) is 13.4. The minimum absolute atomic E-state index is 0.392. The highest BCUT2D eigenvalue weighted by atomic mass is 32.2. The molecular weight excluding hydrogens is 246 g/mol. The number of ether oxygens (including phenoxy) is 1. The Kier molecular flexibility index (Phi) is 5.05. The highest BCUT2D eigenvalue weighted by Crippen LogP contribution is 2.22. The first-order chi connectivity index (χ1) is 8.75. The van der Waals surface area contributed by atoms with Gasteiger partial charge in [0.15, 0.2) is 0 Å². The van der Waals surface area contributed by atoms with Crippen LogP contribution in [0.25, 0.3) is 0 Å². The van der Waals surface area contributed by atoms with Gasteiger partial charge in [0.2, 0.25) is 0 Å². The van der Waals surface area contributed by atoms with Crippen molar-refractivity contribution >= 4 is 16.5 Å². The van der Waals surface area contributed by atoms with Crippen LogP contribution in [-0.2, 0) is 10.8 Å². The molecule has 4 heteroatoms. The molecule has 2 rings (SSSR count). The summed E-state index contributed by atoms with van der Waals surface area (Å²) in [4.78, 5) is 0. The van der Waals surface area contributed by atoms with Gasteiger partial charge in [0, 0.05) is 27.8 Å². The Balaban J connectivity index is 1.73. The fourth-order valence-corrected chi connectivity index (χ4v) is 3.78. The molecule has 0 aromatic heterocycles. The molecule has 1 aliphatic carbocycles. The lowest BCUT2D eigenvalue weighted by atomic mass is 10.0. The van der Waals surface area contributed by atoms with E-state index in [0.29, 0.717) is 23.3 Å². The van der Waals surface area contributed by atoms with E-state index in [0.717, 1.165) is 18.6 Å². The molecule has 1 aromatic carbocycles. The predicted octanol–water partition coefficient (Wildman–Crippen LogP) is 2.73. The molecule has 0 bridgehead atoms. The van der Waals surface area contributed by atoms with Gasteiger partial charge in [-0.25, -0.2) is 0 Å². The Labute approximate surface area is 111 Å². The average molecular weight is 267 g/mol. The van der Waals surface area contributed by atoms with Gasteiger partial charge < -0.3 is 10.5 Å². The van der Waals surface area contributed by atoms with Crippen molar-refractivity contribution in [3.8, 4) is 5.75 Å². The van der Waals surface area contributed by atoms with Gasteiger partial charge in [-0.2, -0.15) is 0 Å². The molecule has 1 fully saturated rings. The maximum absolute atomic E-state index is 12.1. The van der Waals surface area contributed by atoms with Gasteiger partial charge in [-0.05, 0) is 25.0 Å². The number of hydrogen-bond donors (Lipinski definition) is 1. The Hall–Kier alpha value is -1.03. The highest BCUT2D eigenvalue weighted by Gasteiger charge is 2.19. The second kappa shape index (κ2) is 6.78. The van der Waals surface area contributed by atoms with Crippen molar-refractivity contribution < 1.29 is 8.95 Å². The molecule has 0 aliphatic heterocycles. The predicted molar refractivity (Wildman–Crippen MR) is 76.2 cm³/mol. The van der Waals surface area contributed by atoms with Gasteiger partial charge in [0.05, 0.1) is 12.4 Å². The van der Waals surface area contributed by atoms with E-state index in [9.17, 15) is 4.21 Å². The second-order valence-corrected chi connectivity index (χ2v) is 6.60. The Morgan fingerprint density at radius 2 is 2.06 bits per heavy atom. The molecule has 0 spiro atoms. The van der Waals surface area contributed by atoms with Crippen molar-refractivity contribution in [3.63, 3.8) is 0 Å². The van der Waals surface area contributed by atoms with E-state index < -0.39 is 10.8 Å². The third kappa shape index (κ3) is 4.02. The van der Waals surface area contributed by atoms with Gasteiger partial charge in [-0.1, -0.05) is 25.3 Å². The second-order valence-electron chi connectivity index (χ2n) is 4.77. The molecule has 0 heterocycles. The lowest BCUT2D eigenvalue weighted by Gasteiger charge is -2.20. The van der Waals surface area contributed by atoms with Crippen LogP contribution in [0, 0.1) is 0 Å². The largest absolute Gasteiger partial charge is 0.493 e. The number of benzene rings is 1. The SMILES string of the molecule is Nc1cccc(OCCS(=O)C2CCCCC2)c1. The molecule has 100 valence electrons. The van der Waals surface area contributed by atoms with Crippen LogP contribution in [0.2, 0.25) is 0 Å². The van der Waals surface area contributed by atoms with Crippen molar-refractivity contribution in [3.05, 3.63) is 24.3 Å². The van der Waals surface area contributed by atoms with Crippen LogP contribution in [0.4, 0.5) is 5.69 Å². The van der Waals surface area contributed by atoms with E-state index in [1.807, 2.05) is 18.2 Å². The van der Waals surface area contributed by atoms with Gasteiger partial charge in [-0.15, -0.1) is 0 Å². The summed E-state index contributed by atoms with van der Waals surface area (Å²) in [6.45, 7) is 0.507. The number of anilines is 1. The van der Waals surface area contributed by atoms with Crippen LogP contribution >= 0.6 is 0 Å². The molecule has 0 saturated heterocycles. The summed E-state index contributed by atoms with van der Waals surface area (Å²) in [5.41, 5.74) is 6.36. The first-order valence-corrected chi connectivity index (χ1v) is 7.99. The Bertz CT molecular complexity index is 403. The fourth-order valence-electron chi connectivity index (χ4n) is 2.34. The lowest BCUT2D eigenvalue weighted by Crippen LogP contribution is -2.23. The quantitative estimate of drug-likeness (QED) is 0.835. The van der Waals surface area contributed by atoms with Crippen LogP contribution in [-0.4, -0.2) is 21.8 Å². The molecule has 1 atom stereocenters. The van der Waals surface area contributed by atoms with Crippen LogP contribution in [0.3, 0.4) is 0 Å². The minimum atomic E-state index is -0.742. The number of rotatable bonds is 5. The normalized spacial score (nSPS) is 18.4. The summed E-state index contributed by atoms with van der Waals surface area (Å²) >= 11 is 0. The lowest BCUT2D eigenvalue weighted by molar-refractivity contribution is 0.342. The van der Waals surface area contributed by atoms with E-state index in [2.05, 4.69) is 0 Å². The van der Waals surface area contributed by atoms with E-state index in [1.165, 1.54) is 19.3 Å². The summed E-state index contributed by atoms with van der Waals surface area (Å²) in [7, 11) is -0.742. The molecule has 1 aliphatic rings. The molecule has 1 saturated carbocycles. The zero-order chi connectivity index (χ0) is 12.8. The highest BCUT2D eigenvalue weighted by molar-refractivity contribution is 7.85. The monoisotopic (exact) mass is 267 g/mol. The summed E-state index contributed by atoms with van der Waals surface area (Å²) in [5, 5.41) is 0.392. The third-order valence-corrected chi connectivity index (χ3v) is 5.12. The van der Waals surface area contributed by atoms with Crippen LogP contribution in [0.5, 0.6) is 5.75 Å². The third-order valence-electron chi connectivity index (χ3n) is 3.34. The van der Waals surface area contributed by atoms with Crippen molar-refractivity contribution in [1.82, 2.24) is 0 Å². The molecule has 3 nitrogen and oxygen atoms in total. The van der Waals surface area contributed by atoms with Crippen molar-refractivity contribution in [1.29, 1.82) is 0 Å². The van der Waals surface area contributed by atoms with Gasteiger partial charge in [0.1, 0.15) is 5.75 Å². The van der Waals surface area contributed by atoms with E-state index in [-0.39, 0.29) is 0 Å². The molecule has 1 unspecified atom stereocenters. The molecule has 18 heavy (non-hydrogen) atoms. The fraction of sp³-hybridized carbons (Fsp3) is 0.571. The smallest absolute Gasteiger partial charge is 0.121 e. The zero-order valence-electron chi connectivity index (χ0n) is 10.6. The van der Waals surface area contributed by atoms with E-state index in [4.69, 9.17) is 10.5 Å². The van der Waals surface area contributed by atoms with E-state index in [1.54, 1.807) is 6.07 Å². The maximum Gasteiger partial charge on any atom is 0.121 e. The van der Waals surface area contributed by atoms with Gasteiger partial charge in [-0.3, -0.25) is 4.21 Å².